The van der Waals surface area contributed by atoms with Crippen LogP contribution in [-0.4, -0.2) is 12.6 Å². The Hall–Kier alpha value is -0.0400. The summed E-state index contributed by atoms with van der Waals surface area (Å²) >= 11 is 0. The summed E-state index contributed by atoms with van der Waals surface area (Å²) in [6, 6.07) is 0.795. The lowest BCUT2D eigenvalue weighted by atomic mass is 9.92. The molecule has 1 aliphatic rings. The zero-order valence-corrected chi connectivity index (χ0v) is 10.9. The van der Waals surface area contributed by atoms with E-state index in [2.05, 4.69) is 26.1 Å². The van der Waals surface area contributed by atoms with Crippen LogP contribution in [0.2, 0.25) is 0 Å². The van der Waals surface area contributed by atoms with Gasteiger partial charge in [0, 0.05) is 6.04 Å². The number of hydrogen-bond acceptors (Lipinski definition) is 1. The molecular formula is C14H29N. The third-order valence-electron chi connectivity index (χ3n) is 3.78. The van der Waals surface area contributed by atoms with Crippen molar-refractivity contribution in [1.29, 1.82) is 0 Å². The van der Waals surface area contributed by atoms with E-state index in [9.17, 15) is 0 Å². The summed E-state index contributed by atoms with van der Waals surface area (Å²) in [6.07, 6.45) is 9.79. The molecule has 1 heteroatoms. The Labute approximate surface area is 96.0 Å². The molecule has 1 rings (SSSR count). The van der Waals surface area contributed by atoms with E-state index in [1.165, 1.54) is 51.5 Å². The largest absolute Gasteiger partial charge is 0.314 e. The molecule has 1 N–H and O–H groups in total. The second-order valence-corrected chi connectivity index (χ2v) is 5.25. The Kier molecular flexibility index (Phi) is 6.31. The van der Waals surface area contributed by atoms with Gasteiger partial charge >= 0.3 is 0 Å². The quantitative estimate of drug-likeness (QED) is 0.569. The van der Waals surface area contributed by atoms with Crippen molar-refractivity contribution >= 4 is 0 Å². The number of hydrogen-bond donors (Lipinski definition) is 1. The molecule has 1 fully saturated rings. The van der Waals surface area contributed by atoms with Gasteiger partial charge in [-0.1, -0.05) is 40.0 Å². The third kappa shape index (κ3) is 5.01. The first-order valence-corrected chi connectivity index (χ1v) is 7.03. The van der Waals surface area contributed by atoms with Gasteiger partial charge in [0.25, 0.3) is 0 Å². The minimum Gasteiger partial charge on any atom is -0.314 e. The molecule has 0 aromatic rings. The molecule has 15 heavy (non-hydrogen) atoms. The van der Waals surface area contributed by atoms with Crippen LogP contribution in [-0.2, 0) is 0 Å². The van der Waals surface area contributed by atoms with E-state index in [4.69, 9.17) is 0 Å². The highest BCUT2D eigenvalue weighted by Crippen LogP contribution is 2.39. The summed E-state index contributed by atoms with van der Waals surface area (Å²) in [6.45, 7) is 8.21. The highest BCUT2D eigenvalue weighted by molar-refractivity contribution is 4.86. The Morgan fingerprint density at radius 2 is 1.87 bits per heavy atom. The fourth-order valence-electron chi connectivity index (χ4n) is 2.45. The molecule has 0 radical (unpaired) electrons. The molecule has 1 saturated carbocycles. The molecule has 0 saturated heterocycles. The molecule has 0 aromatic heterocycles. The molecule has 1 aliphatic carbocycles. The molecule has 0 bridgehead atoms. The Balaban J connectivity index is 2.23. The first-order chi connectivity index (χ1) is 7.29. The monoisotopic (exact) mass is 211 g/mol. The van der Waals surface area contributed by atoms with Crippen molar-refractivity contribution in [2.24, 2.45) is 11.8 Å². The predicted octanol–water partition coefficient (Wildman–Crippen LogP) is 3.98. The molecule has 90 valence electrons. The van der Waals surface area contributed by atoms with Crippen molar-refractivity contribution in [1.82, 2.24) is 5.32 Å². The second kappa shape index (κ2) is 7.27. The van der Waals surface area contributed by atoms with Crippen LogP contribution in [0, 0.1) is 11.8 Å². The third-order valence-corrected chi connectivity index (χ3v) is 3.78. The van der Waals surface area contributed by atoms with Gasteiger partial charge in [-0.2, -0.15) is 0 Å². The molecule has 1 nitrogen and oxygen atoms in total. The van der Waals surface area contributed by atoms with Crippen LogP contribution in [0.1, 0.15) is 65.7 Å². The summed E-state index contributed by atoms with van der Waals surface area (Å²) in [5, 5.41) is 3.75. The average molecular weight is 211 g/mol. The topological polar surface area (TPSA) is 12.0 Å². The highest BCUT2D eigenvalue weighted by Gasteiger charge is 2.32. The fourth-order valence-corrected chi connectivity index (χ4v) is 2.45. The van der Waals surface area contributed by atoms with Gasteiger partial charge in [0.1, 0.15) is 0 Å². The van der Waals surface area contributed by atoms with Gasteiger partial charge in [-0.15, -0.1) is 0 Å². The second-order valence-electron chi connectivity index (χ2n) is 5.25. The van der Waals surface area contributed by atoms with E-state index in [1.807, 2.05) is 0 Å². The molecule has 0 aliphatic heterocycles. The first-order valence-electron chi connectivity index (χ1n) is 7.03. The predicted molar refractivity (Wildman–Crippen MR) is 68.1 cm³/mol. The van der Waals surface area contributed by atoms with Crippen molar-refractivity contribution < 1.29 is 0 Å². The van der Waals surface area contributed by atoms with Crippen LogP contribution in [0.4, 0.5) is 0 Å². The smallest absolute Gasteiger partial charge is 0.00953 e. The summed E-state index contributed by atoms with van der Waals surface area (Å²) in [4.78, 5) is 0. The van der Waals surface area contributed by atoms with Gasteiger partial charge in [0.05, 0.1) is 0 Å². The van der Waals surface area contributed by atoms with Gasteiger partial charge in [0.2, 0.25) is 0 Å². The Morgan fingerprint density at radius 3 is 2.40 bits per heavy atom. The van der Waals surface area contributed by atoms with E-state index in [0.717, 1.165) is 17.9 Å². The van der Waals surface area contributed by atoms with E-state index in [-0.39, 0.29) is 0 Å². The zero-order chi connectivity index (χ0) is 11.1. The van der Waals surface area contributed by atoms with E-state index < -0.39 is 0 Å². The Morgan fingerprint density at radius 1 is 1.13 bits per heavy atom. The molecule has 0 spiro atoms. The maximum absolute atomic E-state index is 3.75. The maximum atomic E-state index is 3.75. The SMILES string of the molecule is CCCCCC(NCCC)C(C)C1CC1. The molecular weight excluding hydrogens is 182 g/mol. The standard InChI is InChI=1S/C14H29N/c1-4-6-7-8-14(15-11-5-2)12(3)13-9-10-13/h12-15H,4-11H2,1-3H3. The first kappa shape index (κ1) is 13.0. The molecule has 0 amide bonds. The molecule has 2 atom stereocenters. The summed E-state index contributed by atoms with van der Waals surface area (Å²) in [7, 11) is 0. The van der Waals surface area contributed by atoms with E-state index in [0.29, 0.717) is 0 Å². The normalized spacial score (nSPS) is 20.2. The highest BCUT2D eigenvalue weighted by atomic mass is 14.9. The van der Waals surface area contributed by atoms with Crippen molar-refractivity contribution in [3.05, 3.63) is 0 Å². The molecule has 0 heterocycles. The van der Waals surface area contributed by atoms with Crippen LogP contribution in [0.3, 0.4) is 0 Å². The Bertz CT molecular complexity index is 151. The van der Waals surface area contributed by atoms with Crippen molar-refractivity contribution in [3.8, 4) is 0 Å². The summed E-state index contributed by atoms with van der Waals surface area (Å²) in [5.41, 5.74) is 0. The van der Waals surface area contributed by atoms with Crippen molar-refractivity contribution in [2.45, 2.75) is 71.8 Å². The minimum absolute atomic E-state index is 0.795. The lowest BCUT2D eigenvalue weighted by Crippen LogP contribution is -2.36. The van der Waals surface area contributed by atoms with Gasteiger partial charge in [-0.25, -0.2) is 0 Å². The van der Waals surface area contributed by atoms with E-state index in [1.54, 1.807) is 0 Å². The molecule has 0 aromatic carbocycles. The van der Waals surface area contributed by atoms with Crippen LogP contribution in [0.25, 0.3) is 0 Å². The molecule has 2 unspecified atom stereocenters. The van der Waals surface area contributed by atoms with Gasteiger partial charge in [-0.3, -0.25) is 0 Å². The van der Waals surface area contributed by atoms with Crippen LogP contribution in [0.15, 0.2) is 0 Å². The number of rotatable bonds is 9. The number of nitrogens with one attached hydrogen (secondary N) is 1. The van der Waals surface area contributed by atoms with Gasteiger partial charge in [-0.05, 0) is 44.1 Å². The van der Waals surface area contributed by atoms with E-state index >= 15 is 0 Å². The van der Waals surface area contributed by atoms with Crippen LogP contribution >= 0.6 is 0 Å². The van der Waals surface area contributed by atoms with Gasteiger partial charge in [0.15, 0.2) is 0 Å². The average Bonchev–Trinajstić information content (AvgIpc) is 3.06. The van der Waals surface area contributed by atoms with Gasteiger partial charge < -0.3 is 5.32 Å². The van der Waals surface area contributed by atoms with Crippen molar-refractivity contribution in [3.63, 3.8) is 0 Å². The lowest BCUT2D eigenvalue weighted by molar-refractivity contribution is 0.317. The fraction of sp³-hybridized carbons (Fsp3) is 1.00. The number of unbranched alkanes of at least 4 members (excludes halogenated alkanes) is 2. The maximum Gasteiger partial charge on any atom is 0.00953 e. The van der Waals surface area contributed by atoms with Crippen LogP contribution in [0.5, 0.6) is 0 Å². The van der Waals surface area contributed by atoms with Crippen LogP contribution < -0.4 is 5.32 Å². The summed E-state index contributed by atoms with van der Waals surface area (Å²) < 4.78 is 0. The van der Waals surface area contributed by atoms with Crippen molar-refractivity contribution in [2.75, 3.05) is 6.54 Å². The lowest BCUT2D eigenvalue weighted by Gasteiger charge is -2.25. The minimum atomic E-state index is 0.795. The zero-order valence-electron chi connectivity index (χ0n) is 10.9. The summed E-state index contributed by atoms with van der Waals surface area (Å²) in [5.74, 6) is 1.95.